The van der Waals surface area contributed by atoms with E-state index in [4.69, 9.17) is 26.8 Å². The van der Waals surface area contributed by atoms with Crippen LogP contribution in [0.3, 0.4) is 0 Å². The van der Waals surface area contributed by atoms with Crippen molar-refractivity contribution in [1.82, 2.24) is 0 Å². The number of hydrogen-bond acceptors (Lipinski definition) is 0. The van der Waals surface area contributed by atoms with E-state index in [9.17, 15) is 0 Å². The predicted molar refractivity (Wildman–Crippen MR) is 97.9 cm³/mol. The molecule has 0 saturated carbocycles. The van der Waals surface area contributed by atoms with Gasteiger partial charge >= 0.3 is 141 Å². The van der Waals surface area contributed by atoms with Crippen LogP contribution < -0.4 is 0 Å². The van der Waals surface area contributed by atoms with Gasteiger partial charge in [-0.3, -0.25) is 0 Å². The number of benzene rings is 3. The molecule has 0 unspecified atom stereocenters. The van der Waals surface area contributed by atoms with Crippen molar-refractivity contribution in [1.29, 1.82) is 0 Å². The maximum atomic E-state index is 6.08. The molecular weight excluding hydrogens is 429 g/mol. The number of rotatable bonds is 4. The first-order valence-electron chi connectivity index (χ1n) is 7.01. The van der Waals surface area contributed by atoms with Crippen LogP contribution in [0.5, 0.6) is 0 Å². The molecule has 3 rings (SSSR count). The van der Waals surface area contributed by atoms with E-state index >= 15 is 0 Å². The summed E-state index contributed by atoms with van der Waals surface area (Å²) in [5.74, 6) is 0. The monoisotopic (exact) mass is 444 g/mol. The molecule has 0 N–H and O–H groups in total. The van der Waals surface area contributed by atoms with Gasteiger partial charge in [0, 0.05) is 0 Å². The summed E-state index contributed by atoms with van der Waals surface area (Å²) in [6, 6.07) is 19.3. The Morgan fingerprint density at radius 2 is 1.29 bits per heavy atom. The fourth-order valence-corrected chi connectivity index (χ4v) is 7.18. The zero-order valence-electron chi connectivity index (χ0n) is 11.5. The standard InChI is InChI=1S/C17H15.3ClH.Sn/c1-2-7-17-15-10-5-3-8-13(15)12-14-9-4-6-11-16(14)17;;;;/h3-6,8-12H,1-2,7H2;3*1H;/q;;;;+3/p-3. The molecule has 0 atom stereocenters. The third-order valence-electron chi connectivity index (χ3n) is 3.77. The molecule has 3 aromatic rings. The van der Waals surface area contributed by atoms with Gasteiger partial charge in [0.2, 0.25) is 0 Å². The summed E-state index contributed by atoms with van der Waals surface area (Å²) in [7, 11) is 18.2. The van der Waals surface area contributed by atoms with Gasteiger partial charge < -0.3 is 0 Å². The van der Waals surface area contributed by atoms with Crippen molar-refractivity contribution in [2.24, 2.45) is 0 Å². The molecule has 0 radical (unpaired) electrons. The third-order valence-corrected chi connectivity index (χ3v) is 10.2. The number of aryl methyl sites for hydroxylation is 1. The number of hydrogen-bond donors (Lipinski definition) is 0. The van der Waals surface area contributed by atoms with Gasteiger partial charge in [0.15, 0.2) is 0 Å². The second-order valence-electron chi connectivity index (χ2n) is 5.27. The van der Waals surface area contributed by atoms with Crippen molar-refractivity contribution in [2.75, 3.05) is 0 Å². The average Bonchev–Trinajstić information content (AvgIpc) is 2.45. The average molecular weight is 444 g/mol. The molecule has 0 nitrogen and oxygen atoms in total. The first-order valence-corrected chi connectivity index (χ1v) is 19.9. The minimum absolute atomic E-state index is 0.775. The fourth-order valence-electron chi connectivity index (χ4n) is 2.84. The van der Waals surface area contributed by atoms with E-state index in [1.165, 1.54) is 27.1 Å². The molecule has 0 amide bonds. The molecule has 108 valence electrons. The molecule has 4 heteroatoms. The first-order chi connectivity index (χ1) is 10.0. The van der Waals surface area contributed by atoms with Gasteiger partial charge in [0.25, 0.3) is 0 Å². The summed E-state index contributed by atoms with van der Waals surface area (Å²) in [4.78, 5) is 0. The van der Waals surface area contributed by atoms with Gasteiger partial charge in [0.05, 0.1) is 0 Å². The van der Waals surface area contributed by atoms with Crippen LogP contribution in [0.4, 0.5) is 0 Å². The van der Waals surface area contributed by atoms with E-state index in [1.54, 1.807) is 0 Å². The first kappa shape index (κ1) is 15.7. The summed E-state index contributed by atoms with van der Waals surface area (Å²) < 4.78 is 0.775. The third kappa shape index (κ3) is 3.79. The van der Waals surface area contributed by atoms with Crippen LogP contribution in [0.2, 0.25) is 4.44 Å². The normalized spacial score (nSPS) is 12.1. The minimum atomic E-state index is -3.23. The van der Waals surface area contributed by atoms with Crippen molar-refractivity contribution >= 4 is 63.3 Å². The molecule has 3 aromatic carbocycles. The molecule has 0 aliphatic heterocycles. The van der Waals surface area contributed by atoms with E-state index in [-0.39, 0.29) is 0 Å². The SMILES string of the molecule is [Cl][Sn]([Cl])([Cl])[CH2]CCc1c2ccccc2cc2ccccc12. The van der Waals surface area contributed by atoms with Crippen LogP contribution in [0, 0.1) is 0 Å². The molecule has 0 bridgehead atoms. The molecule has 0 saturated heterocycles. The second-order valence-corrected chi connectivity index (χ2v) is 27.1. The van der Waals surface area contributed by atoms with Crippen LogP contribution in [0.15, 0.2) is 54.6 Å². The molecule has 0 spiro atoms. The summed E-state index contributed by atoms with van der Waals surface area (Å²) in [5.41, 5.74) is 1.38. The summed E-state index contributed by atoms with van der Waals surface area (Å²) in [5, 5.41) is 5.19. The Morgan fingerprint density at radius 1 is 0.762 bits per heavy atom. The van der Waals surface area contributed by atoms with Crippen molar-refractivity contribution in [2.45, 2.75) is 17.3 Å². The van der Waals surface area contributed by atoms with Gasteiger partial charge in [-0.1, -0.05) is 0 Å². The molecule has 21 heavy (non-hydrogen) atoms. The van der Waals surface area contributed by atoms with Gasteiger partial charge in [-0.25, -0.2) is 0 Å². The molecule has 0 aromatic heterocycles. The fraction of sp³-hybridized carbons (Fsp3) is 0.176. The summed E-state index contributed by atoms with van der Waals surface area (Å²) in [6.07, 6.45) is 1.91. The van der Waals surface area contributed by atoms with E-state index in [0.29, 0.717) is 0 Å². The molecule has 0 fully saturated rings. The van der Waals surface area contributed by atoms with Crippen molar-refractivity contribution in [3.05, 3.63) is 60.2 Å². The molecule has 0 heterocycles. The van der Waals surface area contributed by atoms with Crippen LogP contribution >= 0.6 is 26.8 Å². The van der Waals surface area contributed by atoms with Crippen molar-refractivity contribution in [3.8, 4) is 0 Å². The molecule has 0 aliphatic rings. The van der Waals surface area contributed by atoms with Crippen molar-refractivity contribution < 1.29 is 0 Å². The van der Waals surface area contributed by atoms with Gasteiger partial charge in [-0.15, -0.1) is 0 Å². The summed E-state index contributed by atoms with van der Waals surface area (Å²) in [6.45, 7) is 0. The number of halogens is 3. The molecule has 0 aliphatic carbocycles. The van der Waals surface area contributed by atoms with Crippen molar-refractivity contribution in [3.63, 3.8) is 0 Å². The van der Waals surface area contributed by atoms with Gasteiger partial charge in [0.1, 0.15) is 0 Å². The van der Waals surface area contributed by atoms with Crippen LogP contribution in [0.25, 0.3) is 21.5 Å². The second kappa shape index (κ2) is 6.54. The summed E-state index contributed by atoms with van der Waals surface area (Å²) >= 11 is -3.23. The Kier molecular flexibility index (Phi) is 4.90. The zero-order chi connectivity index (χ0) is 14.9. The Morgan fingerprint density at radius 3 is 1.81 bits per heavy atom. The number of fused-ring (bicyclic) bond motifs is 2. The molecular formula is C17H15Cl3Sn. The van der Waals surface area contributed by atoms with Crippen LogP contribution in [-0.2, 0) is 6.42 Å². The van der Waals surface area contributed by atoms with E-state index in [2.05, 4.69) is 54.6 Å². The zero-order valence-corrected chi connectivity index (χ0v) is 16.6. The Bertz CT molecular complexity index is 724. The topological polar surface area (TPSA) is 0 Å². The Labute approximate surface area is 140 Å². The van der Waals surface area contributed by atoms with E-state index < -0.39 is 15.0 Å². The quantitative estimate of drug-likeness (QED) is 0.315. The van der Waals surface area contributed by atoms with E-state index in [1.807, 2.05) is 0 Å². The van der Waals surface area contributed by atoms with Crippen LogP contribution in [0.1, 0.15) is 12.0 Å². The van der Waals surface area contributed by atoms with Gasteiger partial charge in [-0.2, -0.15) is 0 Å². The maximum absolute atomic E-state index is 6.08. The van der Waals surface area contributed by atoms with Gasteiger partial charge in [-0.05, 0) is 0 Å². The Hall–Kier alpha value is -0.151. The van der Waals surface area contributed by atoms with E-state index in [0.717, 1.165) is 17.3 Å². The van der Waals surface area contributed by atoms with Crippen LogP contribution in [-0.4, -0.2) is 15.0 Å². The Balaban J connectivity index is 2.07. The predicted octanol–water partition coefficient (Wildman–Crippen LogP) is 6.58.